The summed E-state index contributed by atoms with van der Waals surface area (Å²) in [5, 5.41) is 0. The molecule has 206 valence electrons. The molecule has 0 amide bonds. The Bertz CT molecular complexity index is 1840. The fourth-order valence-electron chi connectivity index (χ4n) is 5.96. The third-order valence-electron chi connectivity index (χ3n) is 8.19. The van der Waals surface area contributed by atoms with E-state index in [1.807, 2.05) is 12.1 Å². The standard InChI is InChI=1S/C40H36N2/c1-27-13-5-9-17-33(27)39-35(31-21-23-32(41)24-22-31)25-26-38(40(39)34-18-10-6-14-28(34)2)42(36-19-11-7-15-29(36)3)37-20-12-8-16-30(37)4/h5-26H,41H2,1-4H3. The Morgan fingerprint density at radius 3 is 1.33 bits per heavy atom. The average molecular weight is 545 g/mol. The van der Waals surface area contributed by atoms with E-state index in [-0.39, 0.29) is 0 Å². The lowest BCUT2D eigenvalue weighted by atomic mass is 9.83. The van der Waals surface area contributed by atoms with Crippen molar-refractivity contribution >= 4 is 22.7 Å². The van der Waals surface area contributed by atoms with Crippen molar-refractivity contribution in [3.05, 3.63) is 156 Å². The molecule has 2 nitrogen and oxygen atoms in total. The van der Waals surface area contributed by atoms with Gasteiger partial charge in [-0.15, -0.1) is 0 Å². The smallest absolute Gasteiger partial charge is 0.0547 e. The van der Waals surface area contributed by atoms with Crippen LogP contribution in [0.2, 0.25) is 0 Å². The zero-order valence-electron chi connectivity index (χ0n) is 24.7. The molecular formula is C40H36N2. The monoisotopic (exact) mass is 544 g/mol. The van der Waals surface area contributed by atoms with Gasteiger partial charge in [0.25, 0.3) is 0 Å². The van der Waals surface area contributed by atoms with Crippen molar-refractivity contribution in [2.45, 2.75) is 27.7 Å². The Kier molecular flexibility index (Phi) is 7.37. The fourth-order valence-corrected chi connectivity index (χ4v) is 5.96. The van der Waals surface area contributed by atoms with Gasteiger partial charge in [0.15, 0.2) is 0 Å². The number of anilines is 4. The summed E-state index contributed by atoms with van der Waals surface area (Å²) in [7, 11) is 0. The largest absolute Gasteiger partial charge is 0.399 e. The first-order valence-electron chi connectivity index (χ1n) is 14.5. The summed E-state index contributed by atoms with van der Waals surface area (Å²) in [4.78, 5) is 2.45. The molecule has 2 N–H and O–H groups in total. The number of nitrogens with zero attached hydrogens (tertiary/aromatic N) is 1. The van der Waals surface area contributed by atoms with Gasteiger partial charge in [-0.2, -0.15) is 0 Å². The van der Waals surface area contributed by atoms with Crippen molar-refractivity contribution in [3.63, 3.8) is 0 Å². The minimum atomic E-state index is 0.761. The number of rotatable bonds is 6. The van der Waals surface area contributed by atoms with E-state index in [1.54, 1.807) is 0 Å². The Balaban J connectivity index is 1.80. The molecule has 0 atom stereocenters. The van der Waals surface area contributed by atoms with Crippen molar-refractivity contribution in [3.8, 4) is 33.4 Å². The second-order valence-electron chi connectivity index (χ2n) is 11.0. The zero-order valence-corrected chi connectivity index (χ0v) is 24.7. The summed E-state index contributed by atoms with van der Waals surface area (Å²) >= 11 is 0. The van der Waals surface area contributed by atoms with Crippen LogP contribution in [0.5, 0.6) is 0 Å². The predicted molar refractivity (Wildman–Crippen MR) is 181 cm³/mol. The van der Waals surface area contributed by atoms with Crippen molar-refractivity contribution in [2.24, 2.45) is 0 Å². The maximum absolute atomic E-state index is 6.13. The van der Waals surface area contributed by atoms with Crippen LogP contribution >= 0.6 is 0 Å². The van der Waals surface area contributed by atoms with E-state index in [0.29, 0.717) is 0 Å². The minimum Gasteiger partial charge on any atom is -0.399 e. The highest BCUT2D eigenvalue weighted by Gasteiger charge is 2.26. The molecule has 0 aromatic heterocycles. The van der Waals surface area contributed by atoms with Crippen LogP contribution in [0.3, 0.4) is 0 Å². The van der Waals surface area contributed by atoms with Gasteiger partial charge in [0, 0.05) is 22.6 Å². The van der Waals surface area contributed by atoms with Crippen molar-refractivity contribution < 1.29 is 0 Å². The molecule has 0 aliphatic carbocycles. The Morgan fingerprint density at radius 1 is 0.381 bits per heavy atom. The molecule has 0 aliphatic rings. The normalized spacial score (nSPS) is 11.0. The van der Waals surface area contributed by atoms with Crippen LogP contribution in [0.25, 0.3) is 33.4 Å². The van der Waals surface area contributed by atoms with Gasteiger partial charge in [-0.25, -0.2) is 0 Å². The lowest BCUT2D eigenvalue weighted by Gasteiger charge is -2.32. The summed E-state index contributed by atoms with van der Waals surface area (Å²) in [6, 6.07) is 47.6. The van der Waals surface area contributed by atoms with Crippen LogP contribution in [-0.4, -0.2) is 0 Å². The molecule has 0 bridgehead atoms. The number of benzene rings is 6. The maximum atomic E-state index is 6.13. The summed E-state index contributed by atoms with van der Waals surface area (Å²) in [6.07, 6.45) is 0. The highest BCUT2D eigenvalue weighted by molar-refractivity contribution is 6.04. The molecule has 6 aromatic rings. The van der Waals surface area contributed by atoms with Gasteiger partial charge >= 0.3 is 0 Å². The average Bonchev–Trinajstić information content (AvgIpc) is 3.00. The topological polar surface area (TPSA) is 29.3 Å². The lowest BCUT2D eigenvalue weighted by molar-refractivity contribution is 1.22. The van der Waals surface area contributed by atoms with Crippen LogP contribution in [0.1, 0.15) is 22.3 Å². The van der Waals surface area contributed by atoms with Crippen molar-refractivity contribution in [1.29, 1.82) is 0 Å². The van der Waals surface area contributed by atoms with Gasteiger partial charge in [-0.1, -0.05) is 103 Å². The van der Waals surface area contributed by atoms with Crippen LogP contribution in [0.4, 0.5) is 22.7 Å². The molecule has 6 aromatic carbocycles. The zero-order chi connectivity index (χ0) is 29.2. The van der Waals surface area contributed by atoms with Crippen LogP contribution < -0.4 is 10.6 Å². The van der Waals surface area contributed by atoms with Crippen LogP contribution in [0, 0.1) is 27.7 Å². The van der Waals surface area contributed by atoms with Gasteiger partial charge in [0.2, 0.25) is 0 Å². The van der Waals surface area contributed by atoms with Crippen molar-refractivity contribution in [2.75, 3.05) is 10.6 Å². The fraction of sp³-hybridized carbons (Fsp3) is 0.100. The number of aryl methyl sites for hydroxylation is 4. The SMILES string of the molecule is Cc1ccccc1-c1c(-c2ccc(N)cc2)ccc(N(c2ccccc2C)c2ccccc2C)c1-c1ccccc1C. The number of hydrogen-bond acceptors (Lipinski definition) is 2. The number of para-hydroxylation sites is 2. The first-order chi connectivity index (χ1) is 20.4. The summed E-state index contributed by atoms with van der Waals surface area (Å²) in [5.41, 5.74) is 22.5. The van der Waals surface area contributed by atoms with Gasteiger partial charge in [-0.05, 0) is 108 Å². The Hall–Kier alpha value is -5.08. The lowest BCUT2D eigenvalue weighted by Crippen LogP contribution is -2.14. The van der Waals surface area contributed by atoms with Crippen LogP contribution in [0.15, 0.2) is 133 Å². The van der Waals surface area contributed by atoms with Gasteiger partial charge in [-0.3, -0.25) is 0 Å². The minimum absolute atomic E-state index is 0.761. The van der Waals surface area contributed by atoms with E-state index in [2.05, 4.69) is 154 Å². The Morgan fingerprint density at radius 2 is 0.833 bits per heavy atom. The maximum Gasteiger partial charge on any atom is 0.0547 e. The first-order valence-corrected chi connectivity index (χ1v) is 14.5. The van der Waals surface area contributed by atoms with E-state index in [4.69, 9.17) is 5.73 Å². The molecule has 0 unspecified atom stereocenters. The molecule has 0 heterocycles. The first kappa shape index (κ1) is 27.1. The number of nitrogen functional groups attached to an aromatic ring is 1. The summed E-state index contributed by atoms with van der Waals surface area (Å²) in [5.74, 6) is 0. The molecule has 2 heteroatoms. The van der Waals surface area contributed by atoms with E-state index in [1.165, 1.54) is 50.1 Å². The quantitative estimate of drug-likeness (QED) is 0.211. The highest BCUT2D eigenvalue weighted by atomic mass is 15.1. The Labute approximate surface area is 249 Å². The third-order valence-corrected chi connectivity index (χ3v) is 8.19. The molecule has 0 saturated heterocycles. The van der Waals surface area contributed by atoms with Crippen molar-refractivity contribution in [1.82, 2.24) is 0 Å². The third kappa shape index (κ3) is 4.97. The molecule has 0 saturated carbocycles. The molecule has 0 aliphatic heterocycles. The predicted octanol–water partition coefficient (Wildman–Crippen LogP) is 11.0. The summed E-state index contributed by atoms with van der Waals surface area (Å²) in [6.45, 7) is 8.80. The van der Waals surface area contributed by atoms with E-state index in [9.17, 15) is 0 Å². The second kappa shape index (κ2) is 11.4. The van der Waals surface area contributed by atoms with Gasteiger partial charge in [0.1, 0.15) is 0 Å². The summed E-state index contributed by atoms with van der Waals surface area (Å²) < 4.78 is 0. The molecular weight excluding hydrogens is 508 g/mol. The molecule has 0 spiro atoms. The van der Waals surface area contributed by atoms with Gasteiger partial charge < -0.3 is 10.6 Å². The van der Waals surface area contributed by atoms with Gasteiger partial charge in [0.05, 0.1) is 5.69 Å². The van der Waals surface area contributed by atoms with E-state index < -0.39 is 0 Å². The molecule has 0 radical (unpaired) electrons. The number of nitrogens with two attached hydrogens (primary N) is 1. The second-order valence-corrected chi connectivity index (χ2v) is 11.0. The molecule has 42 heavy (non-hydrogen) atoms. The van der Waals surface area contributed by atoms with E-state index in [0.717, 1.165) is 28.3 Å². The molecule has 6 rings (SSSR count). The molecule has 0 fully saturated rings. The van der Waals surface area contributed by atoms with E-state index >= 15 is 0 Å². The van der Waals surface area contributed by atoms with Crippen LogP contribution in [-0.2, 0) is 0 Å². The highest BCUT2D eigenvalue weighted by Crippen LogP contribution is 2.51. The number of hydrogen-bond donors (Lipinski definition) is 1.